The number of hydrogen-bond acceptors (Lipinski definition) is 6. The molecule has 2 aromatic rings. The Hall–Kier alpha value is -1.57. The third kappa shape index (κ3) is 3.26. The van der Waals surface area contributed by atoms with E-state index >= 15 is 0 Å². The molecule has 0 aromatic carbocycles. The SMILES string of the molecule is Cc1nc(-c2ncccn2)sc1C(=O)N1CCNCC1C.Cl. The van der Waals surface area contributed by atoms with Crippen molar-refractivity contribution < 1.29 is 4.79 Å². The number of carbonyl (C=O) groups excluding carboxylic acids is 1. The van der Waals surface area contributed by atoms with Crippen LogP contribution in [0.4, 0.5) is 0 Å². The molecule has 0 radical (unpaired) electrons. The first-order valence-electron chi connectivity index (χ1n) is 6.93. The van der Waals surface area contributed by atoms with Gasteiger partial charge in [-0.25, -0.2) is 15.0 Å². The van der Waals surface area contributed by atoms with Crippen molar-refractivity contribution in [1.82, 2.24) is 25.2 Å². The zero-order valence-electron chi connectivity index (χ0n) is 12.4. The van der Waals surface area contributed by atoms with Gasteiger partial charge in [0.2, 0.25) is 0 Å². The molecule has 1 aliphatic rings. The number of nitrogens with zero attached hydrogens (tertiary/aromatic N) is 4. The maximum absolute atomic E-state index is 12.7. The Morgan fingerprint density at radius 3 is 2.82 bits per heavy atom. The molecule has 1 fully saturated rings. The van der Waals surface area contributed by atoms with Crippen molar-refractivity contribution in [2.75, 3.05) is 19.6 Å². The highest BCUT2D eigenvalue weighted by Crippen LogP contribution is 2.27. The summed E-state index contributed by atoms with van der Waals surface area (Å²) < 4.78 is 0. The molecule has 1 aliphatic heterocycles. The molecule has 1 amide bonds. The van der Waals surface area contributed by atoms with Crippen LogP contribution >= 0.6 is 23.7 Å². The van der Waals surface area contributed by atoms with Gasteiger partial charge < -0.3 is 10.2 Å². The van der Waals surface area contributed by atoms with Gasteiger partial charge in [0.1, 0.15) is 4.88 Å². The number of piperazine rings is 1. The molecule has 1 atom stereocenters. The lowest BCUT2D eigenvalue weighted by molar-refractivity contribution is 0.0660. The highest BCUT2D eigenvalue weighted by atomic mass is 35.5. The molecule has 0 aliphatic carbocycles. The molecule has 1 N–H and O–H groups in total. The lowest BCUT2D eigenvalue weighted by Gasteiger charge is -2.33. The van der Waals surface area contributed by atoms with Gasteiger partial charge in [-0.3, -0.25) is 4.79 Å². The molecule has 22 heavy (non-hydrogen) atoms. The van der Waals surface area contributed by atoms with Gasteiger partial charge in [-0.15, -0.1) is 23.7 Å². The van der Waals surface area contributed by atoms with Gasteiger partial charge in [0.15, 0.2) is 10.8 Å². The highest BCUT2D eigenvalue weighted by molar-refractivity contribution is 7.17. The average molecular weight is 340 g/mol. The molecular weight excluding hydrogens is 322 g/mol. The molecular formula is C14H18ClN5OS. The van der Waals surface area contributed by atoms with Gasteiger partial charge in [-0.05, 0) is 19.9 Å². The van der Waals surface area contributed by atoms with Crippen LogP contribution in [0.25, 0.3) is 10.8 Å². The topological polar surface area (TPSA) is 71.0 Å². The molecule has 2 aromatic heterocycles. The van der Waals surface area contributed by atoms with Crippen LogP contribution in [-0.4, -0.2) is 51.4 Å². The van der Waals surface area contributed by atoms with Crippen LogP contribution in [0.1, 0.15) is 22.3 Å². The Bertz CT molecular complexity index is 648. The van der Waals surface area contributed by atoms with E-state index in [1.807, 2.05) is 11.8 Å². The molecule has 0 bridgehead atoms. The van der Waals surface area contributed by atoms with Crippen molar-refractivity contribution in [2.24, 2.45) is 0 Å². The van der Waals surface area contributed by atoms with E-state index in [2.05, 4.69) is 27.2 Å². The normalized spacial score (nSPS) is 17.9. The van der Waals surface area contributed by atoms with E-state index in [1.165, 1.54) is 11.3 Å². The second-order valence-electron chi connectivity index (χ2n) is 5.06. The predicted molar refractivity (Wildman–Crippen MR) is 88.5 cm³/mol. The summed E-state index contributed by atoms with van der Waals surface area (Å²) in [6, 6.07) is 1.96. The molecule has 6 nitrogen and oxygen atoms in total. The summed E-state index contributed by atoms with van der Waals surface area (Å²) in [7, 11) is 0. The van der Waals surface area contributed by atoms with Crippen molar-refractivity contribution in [3.63, 3.8) is 0 Å². The summed E-state index contributed by atoms with van der Waals surface area (Å²) in [6.45, 7) is 6.32. The maximum Gasteiger partial charge on any atom is 0.266 e. The Balaban J connectivity index is 0.00000176. The Kier molecular flexibility index (Phi) is 5.44. The largest absolute Gasteiger partial charge is 0.333 e. The third-order valence-corrected chi connectivity index (χ3v) is 4.65. The van der Waals surface area contributed by atoms with Gasteiger partial charge in [-0.1, -0.05) is 0 Å². The summed E-state index contributed by atoms with van der Waals surface area (Å²) in [4.78, 5) is 28.1. The quantitative estimate of drug-likeness (QED) is 0.902. The lowest BCUT2D eigenvalue weighted by atomic mass is 10.2. The fourth-order valence-corrected chi connectivity index (χ4v) is 3.34. The fraction of sp³-hybridized carbons (Fsp3) is 0.429. The summed E-state index contributed by atoms with van der Waals surface area (Å²) in [5, 5.41) is 3.98. The molecule has 0 spiro atoms. The van der Waals surface area contributed by atoms with Crippen LogP contribution in [0, 0.1) is 6.92 Å². The number of carbonyl (C=O) groups is 1. The molecule has 1 unspecified atom stereocenters. The third-order valence-electron chi connectivity index (χ3n) is 3.51. The van der Waals surface area contributed by atoms with Gasteiger partial charge >= 0.3 is 0 Å². The first kappa shape index (κ1) is 16.8. The van der Waals surface area contributed by atoms with E-state index in [-0.39, 0.29) is 24.4 Å². The van der Waals surface area contributed by atoms with E-state index in [0.717, 1.165) is 25.3 Å². The van der Waals surface area contributed by atoms with Gasteiger partial charge in [-0.2, -0.15) is 0 Å². The van der Waals surface area contributed by atoms with Gasteiger partial charge in [0.25, 0.3) is 5.91 Å². The fourth-order valence-electron chi connectivity index (χ4n) is 2.37. The van der Waals surface area contributed by atoms with Crippen molar-refractivity contribution in [3.8, 4) is 10.8 Å². The summed E-state index contributed by atoms with van der Waals surface area (Å²) in [5.41, 5.74) is 0.748. The molecule has 1 saturated heterocycles. The van der Waals surface area contributed by atoms with Gasteiger partial charge in [0, 0.05) is 38.1 Å². The number of nitrogens with one attached hydrogen (secondary N) is 1. The number of rotatable bonds is 2. The number of thiazole rings is 1. The lowest BCUT2D eigenvalue weighted by Crippen LogP contribution is -2.52. The van der Waals surface area contributed by atoms with Crippen LogP contribution in [0.5, 0.6) is 0 Å². The van der Waals surface area contributed by atoms with E-state index in [4.69, 9.17) is 0 Å². The molecule has 118 valence electrons. The first-order valence-corrected chi connectivity index (χ1v) is 7.75. The Morgan fingerprint density at radius 2 is 2.14 bits per heavy atom. The molecule has 3 rings (SSSR count). The minimum Gasteiger partial charge on any atom is -0.333 e. The number of aryl methyl sites for hydroxylation is 1. The van der Waals surface area contributed by atoms with E-state index in [0.29, 0.717) is 15.7 Å². The first-order chi connectivity index (χ1) is 10.2. The van der Waals surface area contributed by atoms with Crippen molar-refractivity contribution >= 4 is 29.7 Å². The minimum atomic E-state index is 0. The van der Waals surface area contributed by atoms with Crippen molar-refractivity contribution in [2.45, 2.75) is 19.9 Å². The smallest absolute Gasteiger partial charge is 0.266 e. The number of amides is 1. The monoisotopic (exact) mass is 339 g/mol. The van der Waals surface area contributed by atoms with Gasteiger partial charge in [0.05, 0.1) is 5.69 Å². The predicted octanol–water partition coefficient (Wildman–Crippen LogP) is 1.76. The van der Waals surface area contributed by atoms with E-state index in [9.17, 15) is 4.79 Å². The summed E-state index contributed by atoms with van der Waals surface area (Å²) >= 11 is 1.37. The van der Waals surface area contributed by atoms with Crippen LogP contribution in [0.3, 0.4) is 0 Å². The number of halogens is 1. The average Bonchev–Trinajstić information content (AvgIpc) is 2.90. The van der Waals surface area contributed by atoms with Crippen LogP contribution < -0.4 is 5.32 Å². The van der Waals surface area contributed by atoms with E-state index < -0.39 is 0 Å². The second kappa shape index (κ2) is 7.13. The van der Waals surface area contributed by atoms with Crippen LogP contribution in [0.15, 0.2) is 18.5 Å². The molecule has 0 saturated carbocycles. The maximum atomic E-state index is 12.7. The highest BCUT2D eigenvalue weighted by Gasteiger charge is 2.27. The zero-order valence-corrected chi connectivity index (χ0v) is 14.1. The Labute approximate surface area is 139 Å². The standard InChI is InChI=1S/C14H17N5OS.ClH/c1-9-8-15-6-7-19(9)14(20)11-10(2)18-13(21-11)12-16-4-3-5-17-12;/h3-5,9,15H,6-8H2,1-2H3;1H. The van der Waals surface area contributed by atoms with Crippen molar-refractivity contribution in [1.29, 1.82) is 0 Å². The van der Waals surface area contributed by atoms with Crippen molar-refractivity contribution in [3.05, 3.63) is 29.0 Å². The van der Waals surface area contributed by atoms with Crippen LogP contribution in [-0.2, 0) is 0 Å². The molecule has 3 heterocycles. The zero-order chi connectivity index (χ0) is 14.8. The minimum absolute atomic E-state index is 0. The van der Waals surface area contributed by atoms with Crippen LogP contribution in [0.2, 0.25) is 0 Å². The number of aromatic nitrogens is 3. The van der Waals surface area contributed by atoms with E-state index in [1.54, 1.807) is 18.5 Å². The number of hydrogen-bond donors (Lipinski definition) is 1. The second-order valence-corrected chi connectivity index (χ2v) is 6.06. The summed E-state index contributed by atoms with van der Waals surface area (Å²) in [5.74, 6) is 0.624. The molecule has 8 heteroatoms. The Morgan fingerprint density at radius 1 is 1.41 bits per heavy atom. The summed E-state index contributed by atoms with van der Waals surface area (Å²) in [6.07, 6.45) is 3.36.